The van der Waals surface area contributed by atoms with E-state index in [-0.39, 0.29) is 5.56 Å². The minimum absolute atomic E-state index is 0.0826. The van der Waals surface area contributed by atoms with Crippen molar-refractivity contribution in [2.24, 2.45) is 0 Å². The summed E-state index contributed by atoms with van der Waals surface area (Å²) in [5.41, 5.74) is 1.03. The van der Waals surface area contributed by atoms with Crippen LogP contribution in [0.2, 0.25) is 0 Å². The number of hydrogen-bond donors (Lipinski definition) is 1. The van der Waals surface area contributed by atoms with E-state index in [1.54, 1.807) is 13.3 Å². The Labute approximate surface area is 81.3 Å². The maximum Gasteiger partial charge on any atom is 0.256 e. The lowest BCUT2D eigenvalue weighted by Gasteiger charge is -2.04. The minimum Gasteiger partial charge on any atom is -0.495 e. The number of benzene rings is 1. The van der Waals surface area contributed by atoms with Crippen LogP contribution in [0, 0.1) is 6.92 Å². The second-order valence-electron chi connectivity index (χ2n) is 3.24. The summed E-state index contributed by atoms with van der Waals surface area (Å²) < 4.78 is 5.17. The van der Waals surface area contributed by atoms with Crippen LogP contribution in [-0.4, -0.2) is 12.1 Å². The van der Waals surface area contributed by atoms with Gasteiger partial charge in [-0.15, -0.1) is 0 Å². The molecule has 1 N–H and O–H groups in total. The molecule has 14 heavy (non-hydrogen) atoms. The van der Waals surface area contributed by atoms with E-state index in [9.17, 15) is 4.79 Å². The van der Waals surface area contributed by atoms with Crippen molar-refractivity contribution in [3.8, 4) is 5.75 Å². The highest BCUT2D eigenvalue weighted by Gasteiger charge is 2.04. The van der Waals surface area contributed by atoms with Crippen LogP contribution in [0.3, 0.4) is 0 Å². The first-order chi connectivity index (χ1) is 6.72. The average molecular weight is 189 g/mol. The molecule has 0 spiro atoms. The monoisotopic (exact) mass is 189 g/mol. The molecule has 2 aromatic rings. The Morgan fingerprint density at radius 1 is 1.29 bits per heavy atom. The summed E-state index contributed by atoms with van der Waals surface area (Å²) in [6, 6.07) is 5.67. The molecular formula is C11H11NO2. The number of H-pyrrole nitrogens is 1. The van der Waals surface area contributed by atoms with E-state index in [1.807, 2.05) is 25.1 Å². The predicted molar refractivity (Wildman–Crippen MR) is 55.9 cm³/mol. The average Bonchev–Trinajstić information content (AvgIpc) is 2.18. The molecular weight excluding hydrogens is 178 g/mol. The molecule has 0 fully saturated rings. The Bertz CT molecular complexity index is 528. The van der Waals surface area contributed by atoms with Crippen molar-refractivity contribution in [1.82, 2.24) is 4.98 Å². The molecule has 3 nitrogen and oxygen atoms in total. The molecule has 0 bridgehead atoms. The quantitative estimate of drug-likeness (QED) is 0.743. The van der Waals surface area contributed by atoms with Crippen LogP contribution in [-0.2, 0) is 0 Å². The first-order valence-electron chi connectivity index (χ1n) is 4.38. The molecule has 1 heterocycles. The molecule has 0 aliphatic heterocycles. The third kappa shape index (κ3) is 1.27. The fraction of sp³-hybridized carbons (Fsp3) is 0.182. The molecule has 0 atom stereocenters. The number of aromatic nitrogens is 1. The molecule has 0 aliphatic rings. The first kappa shape index (κ1) is 8.81. The molecule has 0 saturated carbocycles. The van der Waals surface area contributed by atoms with Gasteiger partial charge in [-0.25, -0.2) is 0 Å². The molecule has 1 aromatic carbocycles. The number of nitrogens with one attached hydrogen (secondary N) is 1. The van der Waals surface area contributed by atoms with E-state index in [4.69, 9.17) is 4.74 Å². The highest BCUT2D eigenvalue weighted by atomic mass is 16.5. The zero-order valence-electron chi connectivity index (χ0n) is 8.13. The molecule has 1 aromatic heterocycles. The lowest BCUT2D eigenvalue weighted by atomic mass is 10.1. The Hall–Kier alpha value is -1.77. The van der Waals surface area contributed by atoms with Crippen LogP contribution in [0.5, 0.6) is 5.75 Å². The number of aryl methyl sites for hydroxylation is 1. The molecule has 2 rings (SSSR count). The van der Waals surface area contributed by atoms with Gasteiger partial charge in [-0.05, 0) is 19.1 Å². The van der Waals surface area contributed by atoms with E-state index in [1.165, 1.54) is 0 Å². The van der Waals surface area contributed by atoms with Crippen molar-refractivity contribution in [2.75, 3.05) is 7.11 Å². The normalized spacial score (nSPS) is 10.4. The molecule has 0 aliphatic carbocycles. The van der Waals surface area contributed by atoms with Crippen LogP contribution in [0.25, 0.3) is 10.8 Å². The topological polar surface area (TPSA) is 42.1 Å². The van der Waals surface area contributed by atoms with E-state index in [2.05, 4.69) is 4.98 Å². The van der Waals surface area contributed by atoms with E-state index in [0.29, 0.717) is 11.1 Å². The predicted octanol–water partition coefficient (Wildman–Crippen LogP) is 1.85. The maximum atomic E-state index is 11.4. The second-order valence-corrected chi connectivity index (χ2v) is 3.24. The molecule has 0 saturated heterocycles. The number of methoxy groups -OCH3 is 1. The Morgan fingerprint density at radius 2 is 2.07 bits per heavy atom. The van der Waals surface area contributed by atoms with Gasteiger partial charge in [-0.1, -0.05) is 11.6 Å². The van der Waals surface area contributed by atoms with Gasteiger partial charge < -0.3 is 9.72 Å². The van der Waals surface area contributed by atoms with Crippen molar-refractivity contribution in [3.05, 3.63) is 40.3 Å². The molecule has 0 amide bonds. The Balaban J connectivity index is 2.92. The summed E-state index contributed by atoms with van der Waals surface area (Å²) in [4.78, 5) is 14.1. The third-order valence-electron chi connectivity index (χ3n) is 2.24. The van der Waals surface area contributed by atoms with Gasteiger partial charge in [0.15, 0.2) is 0 Å². The maximum absolute atomic E-state index is 11.4. The van der Waals surface area contributed by atoms with Crippen molar-refractivity contribution >= 4 is 10.8 Å². The van der Waals surface area contributed by atoms with Crippen LogP contribution in [0.1, 0.15) is 5.56 Å². The Kier molecular flexibility index (Phi) is 2.00. The molecule has 0 unspecified atom stereocenters. The van der Waals surface area contributed by atoms with Crippen LogP contribution < -0.4 is 10.3 Å². The van der Waals surface area contributed by atoms with Crippen LogP contribution in [0.15, 0.2) is 29.2 Å². The van der Waals surface area contributed by atoms with Crippen molar-refractivity contribution in [2.45, 2.75) is 6.92 Å². The van der Waals surface area contributed by atoms with Gasteiger partial charge in [-0.2, -0.15) is 0 Å². The fourth-order valence-corrected chi connectivity index (χ4v) is 1.52. The summed E-state index contributed by atoms with van der Waals surface area (Å²) in [5, 5.41) is 1.52. The van der Waals surface area contributed by atoms with Gasteiger partial charge in [0.2, 0.25) is 0 Å². The molecule has 3 heteroatoms. The van der Waals surface area contributed by atoms with Gasteiger partial charge in [0.25, 0.3) is 5.56 Å². The SMILES string of the molecule is COc1c[nH]c(=O)c2ccc(C)cc12. The number of ether oxygens (including phenoxy) is 1. The largest absolute Gasteiger partial charge is 0.495 e. The van der Waals surface area contributed by atoms with Crippen LogP contribution in [0.4, 0.5) is 0 Å². The summed E-state index contributed by atoms with van der Waals surface area (Å²) in [7, 11) is 1.59. The summed E-state index contributed by atoms with van der Waals surface area (Å²) >= 11 is 0. The zero-order chi connectivity index (χ0) is 10.1. The highest BCUT2D eigenvalue weighted by molar-refractivity contribution is 5.87. The van der Waals surface area contributed by atoms with Crippen molar-refractivity contribution < 1.29 is 4.74 Å². The summed E-state index contributed by atoms with van der Waals surface area (Å²) in [6.45, 7) is 1.99. The lowest BCUT2D eigenvalue weighted by molar-refractivity contribution is 0.418. The number of rotatable bonds is 1. The fourth-order valence-electron chi connectivity index (χ4n) is 1.52. The van der Waals surface area contributed by atoms with E-state index >= 15 is 0 Å². The summed E-state index contributed by atoms with van der Waals surface area (Å²) in [5.74, 6) is 0.698. The number of hydrogen-bond acceptors (Lipinski definition) is 2. The summed E-state index contributed by atoms with van der Waals surface area (Å²) in [6.07, 6.45) is 1.59. The number of fused-ring (bicyclic) bond motifs is 1. The smallest absolute Gasteiger partial charge is 0.256 e. The second kappa shape index (κ2) is 3.18. The minimum atomic E-state index is -0.0826. The van der Waals surface area contributed by atoms with Crippen molar-refractivity contribution in [1.29, 1.82) is 0 Å². The molecule has 0 radical (unpaired) electrons. The Morgan fingerprint density at radius 3 is 2.79 bits per heavy atom. The van der Waals surface area contributed by atoms with E-state index < -0.39 is 0 Å². The lowest BCUT2D eigenvalue weighted by Crippen LogP contribution is -2.05. The van der Waals surface area contributed by atoms with Crippen molar-refractivity contribution in [3.63, 3.8) is 0 Å². The van der Waals surface area contributed by atoms with Gasteiger partial charge in [0, 0.05) is 11.6 Å². The zero-order valence-corrected chi connectivity index (χ0v) is 8.13. The van der Waals surface area contributed by atoms with Gasteiger partial charge >= 0.3 is 0 Å². The van der Waals surface area contributed by atoms with Gasteiger partial charge in [-0.3, -0.25) is 4.79 Å². The molecule has 72 valence electrons. The van der Waals surface area contributed by atoms with Gasteiger partial charge in [0.1, 0.15) is 5.75 Å². The highest BCUT2D eigenvalue weighted by Crippen LogP contribution is 2.22. The first-order valence-corrected chi connectivity index (χ1v) is 4.38. The standard InChI is InChI=1S/C11H11NO2/c1-7-3-4-8-9(5-7)10(14-2)6-12-11(8)13/h3-6H,1-2H3,(H,12,13). The van der Waals surface area contributed by atoms with Gasteiger partial charge in [0.05, 0.1) is 12.5 Å². The number of aromatic amines is 1. The number of pyridine rings is 1. The third-order valence-corrected chi connectivity index (χ3v) is 2.24. The van der Waals surface area contributed by atoms with E-state index in [0.717, 1.165) is 10.9 Å². The van der Waals surface area contributed by atoms with Crippen LogP contribution >= 0.6 is 0 Å².